The van der Waals surface area contributed by atoms with Crippen LogP contribution in [0, 0.1) is 0 Å². The van der Waals surface area contributed by atoms with Crippen LogP contribution in [-0.4, -0.2) is 16.5 Å². The molecule has 2 N–H and O–H groups in total. The molecular formula is C15H19N3O. The van der Waals surface area contributed by atoms with Gasteiger partial charge in [-0.2, -0.15) is 0 Å². The van der Waals surface area contributed by atoms with Gasteiger partial charge in [-0.25, -0.2) is 9.97 Å². The monoisotopic (exact) mass is 257 g/mol. The molecule has 4 nitrogen and oxygen atoms in total. The minimum Gasteiger partial charge on any atom is -0.424 e. The average molecular weight is 257 g/mol. The molecule has 1 aromatic carbocycles. The highest BCUT2D eigenvalue weighted by Gasteiger charge is 2.09. The maximum Gasteiger partial charge on any atom is 0.321 e. The smallest absolute Gasteiger partial charge is 0.321 e. The summed E-state index contributed by atoms with van der Waals surface area (Å²) >= 11 is 0. The fourth-order valence-corrected chi connectivity index (χ4v) is 1.84. The van der Waals surface area contributed by atoms with Crippen LogP contribution in [0.4, 0.5) is 0 Å². The highest BCUT2D eigenvalue weighted by atomic mass is 16.5. The molecule has 2 aromatic rings. The summed E-state index contributed by atoms with van der Waals surface area (Å²) in [5, 5.41) is 0. The average Bonchev–Trinajstić information content (AvgIpc) is 2.42. The van der Waals surface area contributed by atoms with Gasteiger partial charge < -0.3 is 10.5 Å². The van der Waals surface area contributed by atoms with Crippen molar-refractivity contribution >= 4 is 0 Å². The lowest BCUT2D eigenvalue weighted by molar-refractivity contribution is 0.433. The molecule has 0 aliphatic carbocycles. The molecule has 100 valence electrons. The molecule has 1 heterocycles. The summed E-state index contributed by atoms with van der Waals surface area (Å²) in [5.41, 5.74) is 7.66. The number of nitrogens with two attached hydrogens (primary N) is 1. The van der Waals surface area contributed by atoms with E-state index in [0.717, 1.165) is 23.3 Å². The number of ether oxygens (including phenoxy) is 1. The van der Waals surface area contributed by atoms with Crippen molar-refractivity contribution in [2.75, 3.05) is 6.54 Å². The highest BCUT2D eigenvalue weighted by molar-refractivity contribution is 5.37. The van der Waals surface area contributed by atoms with Gasteiger partial charge in [0, 0.05) is 12.4 Å². The first-order valence-corrected chi connectivity index (χ1v) is 6.48. The van der Waals surface area contributed by atoms with Crippen molar-refractivity contribution in [3.63, 3.8) is 0 Å². The molecular weight excluding hydrogens is 238 g/mol. The predicted molar refractivity (Wildman–Crippen MR) is 75.4 cm³/mol. The Hall–Kier alpha value is -1.94. The third-order valence-electron chi connectivity index (χ3n) is 2.86. The molecule has 0 aliphatic rings. The van der Waals surface area contributed by atoms with Crippen LogP contribution in [-0.2, 0) is 6.42 Å². The van der Waals surface area contributed by atoms with Crippen LogP contribution in [0.1, 0.15) is 30.9 Å². The SMILES string of the molecule is CC(C)c1ccccc1Oc1ncc(CCN)cn1. The molecule has 0 saturated carbocycles. The summed E-state index contributed by atoms with van der Waals surface area (Å²) in [6.45, 7) is 4.86. The maximum absolute atomic E-state index is 5.75. The first-order valence-electron chi connectivity index (χ1n) is 6.48. The second-order valence-electron chi connectivity index (χ2n) is 4.71. The van der Waals surface area contributed by atoms with E-state index in [2.05, 4.69) is 29.9 Å². The molecule has 2 rings (SSSR count). The largest absolute Gasteiger partial charge is 0.424 e. The third kappa shape index (κ3) is 3.51. The van der Waals surface area contributed by atoms with Crippen LogP contribution in [0.25, 0.3) is 0 Å². The van der Waals surface area contributed by atoms with Gasteiger partial charge in [0.05, 0.1) is 0 Å². The summed E-state index contributed by atoms with van der Waals surface area (Å²) in [5.74, 6) is 1.21. The van der Waals surface area contributed by atoms with E-state index in [4.69, 9.17) is 10.5 Å². The van der Waals surface area contributed by atoms with E-state index in [0.29, 0.717) is 18.5 Å². The molecule has 0 fully saturated rings. The van der Waals surface area contributed by atoms with E-state index in [9.17, 15) is 0 Å². The molecule has 0 amide bonds. The lowest BCUT2D eigenvalue weighted by atomic mass is 10.0. The molecule has 0 unspecified atom stereocenters. The zero-order valence-electron chi connectivity index (χ0n) is 11.3. The summed E-state index contributed by atoms with van der Waals surface area (Å²) in [7, 11) is 0. The van der Waals surface area contributed by atoms with Gasteiger partial charge in [0.1, 0.15) is 5.75 Å². The Morgan fingerprint density at radius 3 is 2.47 bits per heavy atom. The summed E-state index contributed by atoms with van der Waals surface area (Å²) in [6, 6.07) is 8.32. The Balaban J connectivity index is 2.17. The lowest BCUT2D eigenvalue weighted by Crippen LogP contribution is -2.04. The van der Waals surface area contributed by atoms with Crippen molar-refractivity contribution in [3.05, 3.63) is 47.8 Å². The summed E-state index contributed by atoms with van der Waals surface area (Å²) in [4.78, 5) is 8.41. The molecule has 0 spiro atoms. The fraction of sp³-hybridized carbons (Fsp3) is 0.333. The summed E-state index contributed by atoms with van der Waals surface area (Å²) in [6.07, 6.45) is 4.29. The zero-order chi connectivity index (χ0) is 13.7. The standard InChI is InChI=1S/C15H19N3O/c1-11(2)13-5-3-4-6-14(13)19-15-17-9-12(7-8-16)10-18-15/h3-6,9-11H,7-8,16H2,1-2H3. The van der Waals surface area contributed by atoms with E-state index in [1.807, 2.05) is 18.2 Å². The van der Waals surface area contributed by atoms with Gasteiger partial charge >= 0.3 is 6.01 Å². The van der Waals surface area contributed by atoms with Gasteiger partial charge in [-0.05, 0) is 36.1 Å². The van der Waals surface area contributed by atoms with E-state index >= 15 is 0 Å². The molecule has 0 saturated heterocycles. The van der Waals surface area contributed by atoms with Gasteiger partial charge in [0.15, 0.2) is 0 Å². The quantitative estimate of drug-likeness (QED) is 0.894. The van der Waals surface area contributed by atoms with Crippen molar-refractivity contribution in [1.82, 2.24) is 9.97 Å². The van der Waals surface area contributed by atoms with Gasteiger partial charge in [0.2, 0.25) is 0 Å². The number of rotatable bonds is 5. The Morgan fingerprint density at radius 2 is 1.84 bits per heavy atom. The topological polar surface area (TPSA) is 61.0 Å². The highest BCUT2D eigenvalue weighted by Crippen LogP contribution is 2.28. The van der Waals surface area contributed by atoms with Crippen LogP contribution in [0.15, 0.2) is 36.7 Å². The normalized spacial score (nSPS) is 10.7. The first-order chi connectivity index (χ1) is 9.20. The second kappa shape index (κ2) is 6.29. The number of aromatic nitrogens is 2. The Bertz CT molecular complexity index is 523. The number of hydrogen-bond donors (Lipinski definition) is 1. The van der Waals surface area contributed by atoms with Crippen molar-refractivity contribution in [1.29, 1.82) is 0 Å². The number of para-hydroxylation sites is 1. The van der Waals surface area contributed by atoms with Crippen LogP contribution >= 0.6 is 0 Å². The molecule has 4 heteroatoms. The van der Waals surface area contributed by atoms with Crippen molar-refractivity contribution in [2.45, 2.75) is 26.2 Å². The van der Waals surface area contributed by atoms with Gasteiger partial charge in [0.25, 0.3) is 0 Å². The number of nitrogens with zero attached hydrogens (tertiary/aromatic N) is 2. The lowest BCUT2D eigenvalue weighted by Gasteiger charge is -2.12. The molecule has 0 aliphatic heterocycles. The minimum absolute atomic E-state index is 0.369. The van der Waals surface area contributed by atoms with E-state index < -0.39 is 0 Å². The van der Waals surface area contributed by atoms with Gasteiger partial charge in [-0.3, -0.25) is 0 Å². The van der Waals surface area contributed by atoms with Crippen LogP contribution in [0.3, 0.4) is 0 Å². The van der Waals surface area contributed by atoms with Crippen LogP contribution in [0.5, 0.6) is 11.8 Å². The minimum atomic E-state index is 0.369. The zero-order valence-corrected chi connectivity index (χ0v) is 11.3. The molecule has 0 atom stereocenters. The van der Waals surface area contributed by atoms with Crippen molar-refractivity contribution in [2.24, 2.45) is 5.73 Å². The summed E-state index contributed by atoms with van der Waals surface area (Å²) < 4.78 is 5.75. The van der Waals surface area contributed by atoms with E-state index in [-0.39, 0.29) is 0 Å². The van der Waals surface area contributed by atoms with Gasteiger partial charge in [-0.15, -0.1) is 0 Å². The fourth-order valence-electron chi connectivity index (χ4n) is 1.84. The van der Waals surface area contributed by atoms with E-state index in [1.165, 1.54) is 0 Å². The Morgan fingerprint density at radius 1 is 1.16 bits per heavy atom. The number of benzene rings is 1. The van der Waals surface area contributed by atoms with Gasteiger partial charge in [-0.1, -0.05) is 32.0 Å². The molecule has 19 heavy (non-hydrogen) atoms. The third-order valence-corrected chi connectivity index (χ3v) is 2.86. The number of hydrogen-bond acceptors (Lipinski definition) is 4. The van der Waals surface area contributed by atoms with E-state index in [1.54, 1.807) is 12.4 Å². The molecule has 1 aromatic heterocycles. The first kappa shape index (κ1) is 13.5. The van der Waals surface area contributed by atoms with Crippen LogP contribution in [0.2, 0.25) is 0 Å². The van der Waals surface area contributed by atoms with Crippen molar-refractivity contribution < 1.29 is 4.74 Å². The molecule has 0 radical (unpaired) electrons. The predicted octanol–water partition coefficient (Wildman–Crippen LogP) is 2.89. The Labute approximate surface area is 113 Å². The molecule has 0 bridgehead atoms. The Kier molecular flexibility index (Phi) is 4.47. The van der Waals surface area contributed by atoms with Crippen LogP contribution < -0.4 is 10.5 Å². The van der Waals surface area contributed by atoms with Crippen molar-refractivity contribution in [3.8, 4) is 11.8 Å². The second-order valence-corrected chi connectivity index (χ2v) is 4.71. The maximum atomic E-state index is 5.75.